The van der Waals surface area contributed by atoms with Gasteiger partial charge in [-0.3, -0.25) is 0 Å². The highest BCUT2D eigenvalue weighted by Crippen LogP contribution is 2.37. The minimum atomic E-state index is 0.209. The van der Waals surface area contributed by atoms with Crippen LogP contribution in [0.1, 0.15) is 44.1 Å². The molecule has 0 amide bonds. The van der Waals surface area contributed by atoms with Gasteiger partial charge >= 0.3 is 0 Å². The van der Waals surface area contributed by atoms with Crippen LogP contribution in [0, 0.1) is 0 Å². The third kappa shape index (κ3) is 2.41. The van der Waals surface area contributed by atoms with E-state index in [0.29, 0.717) is 0 Å². The molecule has 1 aromatic carbocycles. The van der Waals surface area contributed by atoms with Crippen molar-refractivity contribution in [3.8, 4) is 0 Å². The molecular weight excluding hydrogens is 218 g/mol. The summed E-state index contributed by atoms with van der Waals surface area (Å²) in [5, 5.41) is 0.810. The van der Waals surface area contributed by atoms with Crippen LogP contribution in [0.4, 0.5) is 0 Å². The summed E-state index contributed by atoms with van der Waals surface area (Å²) in [6.07, 6.45) is 7.78. The molecule has 1 nitrogen and oxygen atoms in total. The zero-order valence-corrected chi connectivity index (χ0v) is 10.5. The summed E-state index contributed by atoms with van der Waals surface area (Å²) < 4.78 is 0. The van der Waals surface area contributed by atoms with E-state index in [1.165, 1.54) is 44.1 Å². The number of benzene rings is 1. The zero-order valence-electron chi connectivity index (χ0n) is 9.71. The number of halogens is 1. The number of hydrogen-bond donors (Lipinski definition) is 1. The van der Waals surface area contributed by atoms with E-state index in [4.69, 9.17) is 17.3 Å². The molecule has 1 aliphatic rings. The summed E-state index contributed by atoms with van der Waals surface area (Å²) in [6, 6.07) is 8.28. The predicted molar refractivity (Wildman–Crippen MR) is 69.9 cm³/mol. The highest BCUT2D eigenvalue weighted by atomic mass is 35.5. The van der Waals surface area contributed by atoms with Crippen LogP contribution in [-0.4, -0.2) is 6.54 Å². The van der Waals surface area contributed by atoms with E-state index in [0.717, 1.165) is 11.6 Å². The molecule has 0 atom stereocenters. The average molecular weight is 238 g/mol. The summed E-state index contributed by atoms with van der Waals surface area (Å²) in [6.45, 7) is 0.759. The Kier molecular flexibility index (Phi) is 3.88. The second kappa shape index (κ2) is 5.20. The maximum Gasteiger partial charge on any atom is 0.0406 e. The first-order valence-corrected chi connectivity index (χ1v) is 6.61. The van der Waals surface area contributed by atoms with E-state index < -0.39 is 0 Å². The molecule has 2 heteroatoms. The van der Waals surface area contributed by atoms with Crippen molar-refractivity contribution < 1.29 is 0 Å². The van der Waals surface area contributed by atoms with Crippen molar-refractivity contribution in [2.24, 2.45) is 5.73 Å². The number of nitrogens with two attached hydrogens (primary N) is 1. The van der Waals surface area contributed by atoms with Gasteiger partial charge in [-0.2, -0.15) is 0 Å². The maximum atomic E-state index is 6.04. The number of hydrogen-bond acceptors (Lipinski definition) is 1. The Morgan fingerprint density at radius 2 is 1.56 bits per heavy atom. The van der Waals surface area contributed by atoms with Crippen molar-refractivity contribution >= 4 is 11.6 Å². The van der Waals surface area contributed by atoms with Crippen LogP contribution in [0.15, 0.2) is 24.3 Å². The zero-order chi connectivity index (χ0) is 11.4. The molecule has 0 aromatic heterocycles. The molecule has 0 aliphatic heterocycles. The second-order valence-corrected chi connectivity index (χ2v) is 5.34. The largest absolute Gasteiger partial charge is 0.330 e. The quantitative estimate of drug-likeness (QED) is 0.776. The second-order valence-electron chi connectivity index (χ2n) is 4.91. The molecule has 2 N–H and O–H groups in total. The molecule has 88 valence electrons. The van der Waals surface area contributed by atoms with Gasteiger partial charge in [-0.25, -0.2) is 0 Å². The SMILES string of the molecule is NCC1(c2ccc(Cl)cc2)CCCCCC1. The van der Waals surface area contributed by atoms with Gasteiger partial charge in [0.05, 0.1) is 0 Å². The maximum absolute atomic E-state index is 6.04. The smallest absolute Gasteiger partial charge is 0.0406 e. The van der Waals surface area contributed by atoms with Gasteiger partial charge in [-0.15, -0.1) is 0 Å². The van der Waals surface area contributed by atoms with Crippen LogP contribution < -0.4 is 5.73 Å². The van der Waals surface area contributed by atoms with Gasteiger partial charge in [0.2, 0.25) is 0 Å². The van der Waals surface area contributed by atoms with Crippen molar-refractivity contribution in [2.75, 3.05) is 6.54 Å². The van der Waals surface area contributed by atoms with E-state index in [1.54, 1.807) is 0 Å². The lowest BCUT2D eigenvalue weighted by Crippen LogP contribution is -2.34. The molecule has 2 rings (SSSR count). The minimum Gasteiger partial charge on any atom is -0.330 e. The fourth-order valence-electron chi connectivity index (χ4n) is 2.82. The molecule has 1 saturated carbocycles. The Bertz CT molecular complexity index is 323. The molecule has 0 heterocycles. The molecule has 1 fully saturated rings. The first-order chi connectivity index (χ1) is 7.77. The van der Waals surface area contributed by atoms with Crippen molar-refractivity contribution in [3.05, 3.63) is 34.9 Å². The van der Waals surface area contributed by atoms with Crippen molar-refractivity contribution in [1.29, 1.82) is 0 Å². The summed E-state index contributed by atoms with van der Waals surface area (Å²) in [7, 11) is 0. The van der Waals surface area contributed by atoms with Crippen LogP contribution in [0.5, 0.6) is 0 Å². The first kappa shape index (κ1) is 11.9. The van der Waals surface area contributed by atoms with Crippen LogP contribution in [0.2, 0.25) is 5.02 Å². The van der Waals surface area contributed by atoms with E-state index in [1.807, 2.05) is 12.1 Å². The van der Waals surface area contributed by atoms with Crippen molar-refractivity contribution in [1.82, 2.24) is 0 Å². The molecule has 1 aromatic rings. The third-order valence-electron chi connectivity index (χ3n) is 3.91. The topological polar surface area (TPSA) is 26.0 Å². The third-order valence-corrected chi connectivity index (χ3v) is 4.16. The molecular formula is C14H20ClN. The summed E-state index contributed by atoms with van der Waals surface area (Å²) >= 11 is 5.94. The lowest BCUT2D eigenvalue weighted by Gasteiger charge is -2.32. The molecule has 0 spiro atoms. The monoisotopic (exact) mass is 237 g/mol. The molecule has 0 radical (unpaired) electrons. The Hall–Kier alpha value is -0.530. The van der Waals surface area contributed by atoms with Gasteiger partial charge in [0.15, 0.2) is 0 Å². The van der Waals surface area contributed by atoms with Gasteiger partial charge in [0.1, 0.15) is 0 Å². The Morgan fingerprint density at radius 1 is 1.00 bits per heavy atom. The lowest BCUT2D eigenvalue weighted by molar-refractivity contribution is 0.381. The Labute approximate surface area is 103 Å². The van der Waals surface area contributed by atoms with Crippen LogP contribution in [-0.2, 0) is 5.41 Å². The molecule has 0 saturated heterocycles. The van der Waals surface area contributed by atoms with Crippen molar-refractivity contribution in [3.63, 3.8) is 0 Å². The lowest BCUT2D eigenvalue weighted by atomic mass is 9.74. The van der Waals surface area contributed by atoms with E-state index in [9.17, 15) is 0 Å². The fourth-order valence-corrected chi connectivity index (χ4v) is 2.95. The van der Waals surface area contributed by atoms with Crippen LogP contribution >= 0.6 is 11.6 Å². The van der Waals surface area contributed by atoms with Gasteiger partial charge in [0.25, 0.3) is 0 Å². The average Bonchev–Trinajstić information content (AvgIpc) is 2.56. The number of rotatable bonds is 2. The standard InChI is InChI=1S/C14H20ClN/c15-13-7-5-12(6-8-13)14(11-16)9-3-1-2-4-10-14/h5-8H,1-4,9-11,16H2. The highest BCUT2D eigenvalue weighted by molar-refractivity contribution is 6.30. The normalized spacial score (nSPS) is 20.4. The highest BCUT2D eigenvalue weighted by Gasteiger charge is 2.31. The summed E-state index contributed by atoms with van der Waals surface area (Å²) in [5.41, 5.74) is 7.63. The van der Waals surface area contributed by atoms with Gasteiger partial charge < -0.3 is 5.73 Å². The van der Waals surface area contributed by atoms with Gasteiger partial charge in [-0.05, 0) is 30.5 Å². The van der Waals surface area contributed by atoms with Gasteiger partial charge in [0, 0.05) is 17.0 Å². The van der Waals surface area contributed by atoms with Crippen LogP contribution in [0.3, 0.4) is 0 Å². The first-order valence-electron chi connectivity index (χ1n) is 6.23. The minimum absolute atomic E-state index is 0.209. The Balaban J connectivity index is 2.28. The fraction of sp³-hybridized carbons (Fsp3) is 0.571. The molecule has 0 unspecified atom stereocenters. The van der Waals surface area contributed by atoms with Crippen LogP contribution in [0.25, 0.3) is 0 Å². The summed E-state index contributed by atoms with van der Waals surface area (Å²) in [5.74, 6) is 0. The van der Waals surface area contributed by atoms with Gasteiger partial charge in [-0.1, -0.05) is 49.4 Å². The molecule has 1 aliphatic carbocycles. The Morgan fingerprint density at radius 3 is 2.06 bits per heavy atom. The molecule has 16 heavy (non-hydrogen) atoms. The molecule has 0 bridgehead atoms. The predicted octanol–water partition coefficient (Wildman–Crippen LogP) is 3.89. The van der Waals surface area contributed by atoms with E-state index >= 15 is 0 Å². The van der Waals surface area contributed by atoms with Crippen molar-refractivity contribution in [2.45, 2.75) is 43.9 Å². The van der Waals surface area contributed by atoms with E-state index in [2.05, 4.69) is 12.1 Å². The summed E-state index contributed by atoms with van der Waals surface area (Å²) in [4.78, 5) is 0. The van der Waals surface area contributed by atoms with E-state index in [-0.39, 0.29) is 5.41 Å².